The Bertz CT molecular complexity index is 210. The van der Waals surface area contributed by atoms with Crippen LogP contribution in [0.5, 0.6) is 0 Å². The molecule has 0 heterocycles. The summed E-state index contributed by atoms with van der Waals surface area (Å²) in [5.74, 6) is 0. The molecule has 1 atom stereocenters. The second kappa shape index (κ2) is 3.35. The number of nitrogens with two attached hydrogens (primary N) is 1. The minimum absolute atomic E-state index is 0.0759. The van der Waals surface area contributed by atoms with Gasteiger partial charge in [-0.25, -0.2) is 0 Å². The molecule has 0 radical (unpaired) electrons. The lowest BCUT2D eigenvalue weighted by Gasteiger charge is -2.08. The van der Waals surface area contributed by atoms with Crippen LogP contribution in [0.25, 0.3) is 0 Å². The third-order valence-electron chi connectivity index (χ3n) is 1.61. The maximum absolute atomic E-state index is 5.71. The van der Waals surface area contributed by atoms with E-state index in [9.17, 15) is 0 Å². The lowest BCUT2D eigenvalue weighted by Crippen LogP contribution is -2.14. The summed E-state index contributed by atoms with van der Waals surface area (Å²) < 4.78 is 0. The zero-order chi connectivity index (χ0) is 9.19. The van der Waals surface area contributed by atoms with Crippen molar-refractivity contribution in [1.29, 1.82) is 0 Å². The maximum Gasteiger partial charge on any atom is 0.0736 e. The largest absolute Gasteiger partial charge is 0.327 e. The van der Waals surface area contributed by atoms with Crippen molar-refractivity contribution < 1.29 is 0 Å². The number of azo groups is 1. The van der Waals surface area contributed by atoms with Crippen LogP contribution in [-0.2, 0) is 0 Å². The van der Waals surface area contributed by atoms with Gasteiger partial charge in [0.05, 0.1) is 11.2 Å². The van der Waals surface area contributed by atoms with Gasteiger partial charge in [0.2, 0.25) is 0 Å². The SMILES string of the molecule is CC(C)(C)N=NC1=CCC(N)C1. The Morgan fingerprint density at radius 2 is 2.17 bits per heavy atom. The van der Waals surface area contributed by atoms with Crippen molar-refractivity contribution in [3.05, 3.63) is 11.8 Å². The normalized spacial score (nSPS) is 25.0. The van der Waals surface area contributed by atoms with Crippen molar-refractivity contribution in [3.63, 3.8) is 0 Å². The zero-order valence-corrected chi connectivity index (χ0v) is 8.04. The van der Waals surface area contributed by atoms with E-state index in [-0.39, 0.29) is 11.6 Å². The minimum atomic E-state index is -0.0759. The molecule has 0 saturated carbocycles. The van der Waals surface area contributed by atoms with E-state index < -0.39 is 0 Å². The average Bonchev–Trinajstić information content (AvgIpc) is 2.30. The highest BCUT2D eigenvalue weighted by Gasteiger charge is 2.13. The van der Waals surface area contributed by atoms with Crippen LogP contribution in [0.4, 0.5) is 0 Å². The van der Waals surface area contributed by atoms with Crippen LogP contribution < -0.4 is 5.73 Å². The van der Waals surface area contributed by atoms with Crippen molar-refractivity contribution >= 4 is 0 Å². The second-order valence-corrected chi connectivity index (χ2v) is 4.27. The van der Waals surface area contributed by atoms with Crippen LogP contribution in [0.1, 0.15) is 33.6 Å². The smallest absolute Gasteiger partial charge is 0.0736 e. The molecule has 0 aromatic rings. The molecule has 1 unspecified atom stereocenters. The summed E-state index contributed by atoms with van der Waals surface area (Å²) in [6.07, 6.45) is 3.89. The topological polar surface area (TPSA) is 50.7 Å². The van der Waals surface area contributed by atoms with Crippen LogP contribution in [0.2, 0.25) is 0 Å². The van der Waals surface area contributed by atoms with Crippen LogP contribution >= 0.6 is 0 Å². The predicted octanol–water partition coefficient (Wildman–Crippen LogP) is 2.24. The van der Waals surface area contributed by atoms with Gasteiger partial charge in [-0.05, 0) is 27.2 Å². The molecule has 1 aliphatic rings. The predicted molar refractivity (Wildman–Crippen MR) is 49.9 cm³/mol. The van der Waals surface area contributed by atoms with Gasteiger partial charge in [-0.3, -0.25) is 0 Å². The maximum atomic E-state index is 5.71. The molecule has 12 heavy (non-hydrogen) atoms. The molecule has 1 aliphatic carbocycles. The molecule has 1 rings (SSSR count). The Morgan fingerprint density at radius 1 is 1.50 bits per heavy atom. The fourth-order valence-corrected chi connectivity index (χ4v) is 1.02. The highest BCUT2D eigenvalue weighted by atomic mass is 15.1. The molecule has 0 saturated heterocycles. The lowest BCUT2D eigenvalue weighted by molar-refractivity contribution is 0.545. The molecular weight excluding hydrogens is 150 g/mol. The van der Waals surface area contributed by atoms with Gasteiger partial charge in [0.25, 0.3) is 0 Å². The van der Waals surface area contributed by atoms with Crippen molar-refractivity contribution in [2.45, 2.75) is 45.2 Å². The Morgan fingerprint density at radius 3 is 2.58 bits per heavy atom. The van der Waals surface area contributed by atoms with Crippen molar-refractivity contribution in [3.8, 4) is 0 Å². The van der Waals surface area contributed by atoms with E-state index >= 15 is 0 Å². The van der Waals surface area contributed by atoms with Crippen molar-refractivity contribution in [2.75, 3.05) is 0 Å². The Kier molecular flexibility index (Phi) is 2.62. The zero-order valence-electron chi connectivity index (χ0n) is 8.04. The number of rotatable bonds is 1. The number of nitrogens with zero attached hydrogens (tertiary/aromatic N) is 2. The summed E-state index contributed by atoms with van der Waals surface area (Å²) in [5.41, 5.74) is 6.67. The molecule has 3 heteroatoms. The van der Waals surface area contributed by atoms with E-state index in [2.05, 4.69) is 16.3 Å². The summed E-state index contributed by atoms with van der Waals surface area (Å²) in [7, 11) is 0. The summed E-state index contributed by atoms with van der Waals surface area (Å²) in [5, 5.41) is 8.33. The quantitative estimate of drug-likeness (QED) is 0.598. The van der Waals surface area contributed by atoms with E-state index in [1.54, 1.807) is 0 Å². The number of hydrogen-bond donors (Lipinski definition) is 1. The number of hydrogen-bond acceptors (Lipinski definition) is 3. The average molecular weight is 167 g/mol. The van der Waals surface area contributed by atoms with E-state index in [1.807, 2.05) is 20.8 Å². The van der Waals surface area contributed by atoms with Gasteiger partial charge in [0, 0.05) is 12.5 Å². The fraction of sp³-hybridized carbons (Fsp3) is 0.778. The summed E-state index contributed by atoms with van der Waals surface area (Å²) in [4.78, 5) is 0. The van der Waals surface area contributed by atoms with Gasteiger partial charge in [-0.1, -0.05) is 6.08 Å². The Hall–Kier alpha value is -0.700. The Labute approximate surface area is 73.8 Å². The highest BCUT2D eigenvalue weighted by Crippen LogP contribution is 2.20. The van der Waals surface area contributed by atoms with Crippen molar-refractivity contribution in [2.24, 2.45) is 16.0 Å². The molecule has 0 aromatic carbocycles. The molecule has 0 spiro atoms. The van der Waals surface area contributed by atoms with Crippen LogP contribution in [0, 0.1) is 0 Å². The molecule has 0 aromatic heterocycles. The molecule has 68 valence electrons. The van der Waals surface area contributed by atoms with Gasteiger partial charge in [-0.2, -0.15) is 10.2 Å². The minimum Gasteiger partial charge on any atom is -0.327 e. The Balaban J connectivity index is 2.48. The first-order valence-electron chi connectivity index (χ1n) is 4.35. The van der Waals surface area contributed by atoms with Gasteiger partial charge < -0.3 is 5.73 Å². The van der Waals surface area contributed by atoms with E-state index in [0.717, 1.165) is 18.5 Å². The highest BCUT2D eigenvalue weighted by molar-refractivity contribution is 5.09. The summed E-state index contributed by atoms with van der Waals surface area (Å²) in [6.45, 7) is 6.10. The van der Waals surface area contributed by atoms with E-state index in [1.165, 1.54) is 0 Å². The van der Waals surface area contributed by atoms with Gasteiger partial charge in [0.1, 0.15) is 0 Å². The van der Waals surface area contributed by atoms with Gasteiger partial charge in [-0.15, -0.1) is 0 Å². The molecule has 2 N–H and O–H groups in total. The van der Waals surface area contributed by atoms with Gasteiger partial charge in [0.15, 0.2) is 0 Å². The van der Waals surface area contributed by atoms with E-state index in [4.69, 9.17) is 5.73 Å². The summed E-state index contributed by atoms with van der Waals surface area (Å²) >= 11 is 0. The molecule has 0 fully saturated rings. The van der Waals surface area contributed by atoms with Crippen LogP contribution in [-0.4, -0.2) is 11.6 Å². The standard InChI is InChI=1S/C9H17N3/c1-9(2,3)12-11-8-5-4-7(10)6-8/h5,7H,4,6,10H2,1-3H3. The van der Waals surface area contributed by atoms with E-state index in [0.29, 0.717) is 0 Å². The first-order valence-corrected chi connectivity index (χ1v) is 4.35. The molecule has 0 aliphatic heterocycles. The molecular formula is C9H17N3. The first kappa shape index (κ1) is 9.39. The van der Waals surface area contributed by atoms with Gasteiger partial charge >= 0.3 is 0 Å². The molecule has 0 bridgehead atoms. The monoisotopic (exact) mass is 167 g/mol. The fourth-order valence-electron chi connectivity index (χ4n) is 1.02. The molecule has 0 amide bonds. The third-order valence-corrected chi connectivity index (χ3v) is 1.61. The molecule has 3 nitrogen and oxygen atoms in total. The lowest BCUT2D eigenvalue weighted by atomic mass is 10.1. The van der Waals surface area contributed by atoms with Crippen molar-refractivity contribution in [1.82, 2.24) is 0 Å². The first-order chi connectivity index (χ1) is 5.47. The summed E-state index contributed by atoms with van der Waals surface area (Å²) in [6, 6.07) is 0.263. The third kappa shape index (κ3) is 3.13. The second-order valence-electron chi connectivity index (χ2n) is 4.27. The van der Waals surface area contributed by atoms with Crippen LogP contribution in [0.3, 0.4) is 0 Å². The van der Waals surface area contributed by atoms with Crippen LogP contribution in [0.15, 0.2) is 22.0 Å².